The summed E-state index contributed by atoms with van der Waals surface area (Å²) in [6, 6.07) is 0. The van der Waals surface area contributed by atoms with Crippen molar-refractivity contribution in [2.75, 3.05) is 13.1 Å². The van der Waals surface area contributed by atoms with Gasteiger partial charge in [0.1, 0.15) is 18.1 Å². The van der Waals surface area contributed by atoms with E-state index < -0.39 is 0 Å². The van der Waals surface area contributed by atoms with Gasteiger partial charge < -0.3 is 19.6 Å². The highest BCUT2D eigenvalue weighted by Gasteiger charge is 2.19. The lowest BCUT2D eigenvalue weighted by Crippen LogP contribution is -2.38. The molecule has 0 amide bonds. The summed E-state index contributed by atoms with van der Waals surface area (Å²) < 4.78 is 11.0. The average molecular weight is 347 g/mol. The molecule has 2 aromatic rings. The Kier molecular flexibility index (Phi) is 6.22. The highest BCUT2D eigenvalue weighted by Crippen LogP contribution is 2.22. The molecule has 0 aliphatic heterocycles. The summed E-state index contributed by atoms with van der Waals surface area (Å²) >= 11 is 0. The molecule has 2 rings (SSSR count). The van der Waals surface area contributed by atoms with Crippen LogP contribution in [0.3, 0.4) is 0 Å². The van der Waals surface area contributed by atoms with E-state index in [0.717, 1.165) is 48.2 Å². The number of nitrogens with zero attached hydrogens (tertiary/aromatic N) is 3. The SMILES string of the molecule is CCNC(=NCc1ncc(C(C)(C)C)o1)NCCc1c(C)noc1C. The zero-order valence-electron chi connectivity index (χ0n) is 16.1. The van der Waals surface area contributed by atoms with E-state index in [1.54, 1.807) is 6.20 Å². The van der Waals surface area contributed by atoms with Gasteiger partial charge in [-0.25, -0.2) is 9.98 Å². The second-order valence-electron chi connectivity index (χ2n) is 7.04. The molecule has 0 aliphatic rings. The van der Waals surface area contributed by atoms with E-state index in [-0.39, 0.29) is 5.41 Å². The van der Waals surface area contributed by atoms with E-state index in [1.807, 2.05) is 20.8 Å². The van der Waals surface area contributed by atoms with Crippen LogP contribution in [0.25, 0.3) is 0 Å². The topological polar surface area (TPSA) is 88.5 Å². The van der Waals surface area contributed by atoms with Gasteiger partial charge in [-0.2, -0.15) is 0 Å². The maximum atomic E-state index is 5.78. The maximum absolute atomic E-state index is 5.78. The van der Waals surface area contributed by atoms with Crippen molar-refractivity contribution in [2.24, 2.45) is 4.99 Å². The fraction of sp³-hybridized carbons (Fsp3) is 0.611. The highest BCUT2D eigenvalue weighted by atomic mass is 16.5. The van der Waals surface area contributed by atoms with Crippen LogP contribution in [0.5, 0.6) is 0 Å². The van der Waals surface area contributed by atoms with Crippen LogP contribution in [0.2, 0.25) is 0 Å². The molecule has 0 unspecified atom stereocenters. The molecule has 2 N–H and O–H groups in total. The highest BCUT2D eigenvalue weighted by molar-refractivity contribution is 5.79. The number of rotatable bonds is 6. The Morgan fingerprint density at radius 2 is 2.00 bits per heavy atom. The van der Waals surface area contributed by atoms with Gasteiger partial charge in [-0.3, -0.25) is 0 Å². The van der Waals surface area contributed by atoms with E-state index in [4.69, 9.17) is 8.94 Å². The summed E-state index contributed by atoms with van der Waals surface area (Å²) in [6.07, 6.45) is 2.61. The molecule has 2 aromatic heterocycles. The molecule has 25 heavy (non-hydrogen) atoms. The van der Waals surface area contributed by atoms with Gasteiger partial charge in [-0.1, -0.05) is 25.9 Å². The van der Waals surface area contributed by atoms with E-state index in [0.29, 0.717) is 12.4 Å². The third-order valence-corrected chi connectivity index (χ3v) is 3.86. The predicted molar refractivity (Wildman–Crippen MR) is 97.7 cm³/mol. The van der Waals surface area contributed by atoms with Gasteiger partial charge in [0.05, 0.1) is 11.9 Å². The van der Waals surface area contributed by atoms with Crippen LogP contribution in [-0.4, -0.2) is 29.2 Å². The van der Waals surface area contributed by atoms with E-state index >= 15 is 0 Å². The Labute approximate surface area is 149 Å². The van der Waals surface area contributed by atoms with Gasteiger partial charge in [0.15, 0.2) is 5.96 Å². The maximum Gasteiger partial charge on any atom is 0.216 e. The Balaban J connectivity index is 1.93. The van der Waals surface area contributed by atoms with Crippen LogP contribution < -0.4 is 10.6 Å². The average Bonchev–Trinajstić information content (AvgIpc) is 3.14. The molecule has 0 saturated heterocycles. The molecule has 0 spiro atoms. The van der Waals surface area contributed by atoms with Crippen LogP contribution in [-0.2, 0) is 18.4 Å². The fourth-order valence-electron chi connectivity index (χ4n) is 2.38. The van der Waals surface area contributed by atoms with Crippen LogP contribution >= 0.6 is 0 Å². The Hall–Kier alpha value is -2.31. The fourth-order valence-corrected chi connectivity index (χ4v) is 2.38. The number of aromatic nitrogens is 2. The lowest BCUT2D eigenvalue weighted by molar-refractivity contribution is 0.383. The Bertz CT molecular complexity index is 690. The van der Waals surface area contributed by atoms with Crippen molar-refractivity contribution >= 4 is 5.96 Å². The van der Waals surface area contributed by atoms with Crippen molar-refractivity contribution in [3.8, 4) is 0 Å². The van der Waals surface area contributed by atoms with Crippen molar-refractivity contribution in [3.05, 3.63) is 34.9 Å². The number of guanidine groups is 1. The van der Waals surface area contributed by atoms with Crippen molar-refractivity contribution in [1.29, 1.82) is 0 Å². The summed E-state index contributed by atoms with van der Waals surface area (Å²) in [6.45, 7) is 14.2. The predicted octanol–water partition coefficient (Wildman–Crippen LogP) is 2.87. The first-order chi connectivity index (χ1) is 11.8. The molecular formula is C18H29N5O2. The molecule has 0 bridgehead atoms. The number of oxazole rings is 1. The molecule has 0 atom stereocenters. The van der Waals surface area contributed by atoms with E-state index in [9.17, 15) is 0 Å². The van der Waals surface area contributed by atoms with Gasteiger partial charge in [0, 0.05) is 24.1 Å². The minimum Gasteiger partial charge on any atom is -0.443 e. The number of aliphatic imine (C=N–C) groups is 1. The lowest BCUT2D eigenvalue weighted by atomic mass is 9.94. The number of hydrogen-bond donors (Lipinski definition) is 2. The van der Waals surface area contributed by atoms with Crippen LogP contribution in [0.15, 0.2) is 20.1 Å². The van der Waals surface area contributed by atoms with Crippen molar-refractivity contribution in [3.63, 3.8) is 0 Å². The molecule has 0 fully saturated rings. The van der Waals surface area contributed by atoms with Crippen LogP contribution in [0.1, 0.15) is 56.4 Å². The summed E-state index contributed by atoms with van der Waals surface area (Å²) in [5, 5.41) is 10.5. The lowest BCUT2D eigenvalue weighted by Gasteiger charge is -2.13. The molecule has 2 heterocycles. The molecule has 0 aromatic carbocycles. The van der Waals surface area contributed by atoms with Gasteiger partial charge in [0.25, 0.3) is 0 Å². The van der Waals surface area contributed by atoms with Crippen molar-refractivity contribution in [1.82, 2.24) is 20.8 Å². The number of aryl methyl sites for hydroxylation is 2. The summed E-state index contributed by atoms with van der Waals surface area (Å²) in [5.74, 6) is 3.10. The van der Waals surface area contributed by atoms with Crippen molar-refractivity contribution < 1.29 is 8.94 Å². The third-order valence-electron chi connectivity index (χ3n) is 3.86. The standard InChI is InChI=1S/C18H29N5O2/c1-7-19-17(20-9-8-14-12(2)23-25-13(14)3)22-11-16-21-10-15(24-16)18(4,5)6/h10H,7-9,11H2,1-6H3,(H2,19,20,22). The molecule has 7 heteroatoms. The van der Waals surface area contributed by atoms with Gasteiger partial charge in [-0.15, -0.1) is 0 Å². The number of hydrogen-bond acceptors (Lipinski definition) is 5. The number of nitrogens with one attached hydrogen (secondary N) is 2. The smallest absolute Gasteiger partial charge is 0.216 e. The largest absolute Gasteiger partial charge is 0.443 e. The van der Waals surface area contributed by atoms with E-state index in [2.05, 4.69) is 46.5 Å². The minimum atomic E-state index is -0.0495. The quantitative estimate of drug-likeness (QED) is 0.617. The first-order valence-electron chi connectivity index (χ1n) is 8.70. The second kappa shape index (κ2) is 8.18. The summed E-state index contributed by atoms with van der Waals surface area (Å²) in [4.78, 5) is 8.85. The molecule has 138 valence electrons. The van der Waals surface area contributed by atoms with Crippen LogP contribution in [0, 0.1) is 13.8 Å². The van der Waals surface area contributed by atoms with Crippen molar-refractivity contribution in [2.45, 2.75) is 59.9 Å². The van der Waals surface area contributed by atoms with Gasteiger partial charge in [-0.05, 0) is 27.2 Å². The molecule has 0 radical (unpaired) electrons. The Morgan fingerprint density at radius 3 is 2.56 bits per heavy atom. The third kappa shape index (κ3) is 5.34. The molecule has 0 saturated carbocycles. The second-order valence-corrected chi connectivity index (χ2v) is 7.04. The first-order valence-corrected chi connectivity index (χ1v) is 8.70. The van der Waals surface area contributed by atoms with E-state index in [1.165, 1.54) is 0 Å². The monoisotopic (exact) mass is 347 g/mol. The van der Waals surface area contributed by atoms with Crippen LogP contribution in [0.4, 0.5) is 0 Å². The molecular weight excluding hydrogens is 318 g/mol. The van der Waals surface area contributed by atoms with Gasteiger partial charge >= 0.3 is 0 Å². The summed E-state index contributed by atoms with van der Waals surface area (Å²) in [5.41, 5.74) is 2.04. The Morgan fingerprint density at radius 1 is 1.24 bits per heavy atom. The first kappa shape index (κ1) is 19.0. The normalized spacial score (nSPS) is 12.5. The van der Waals surface area contributed by atoms with Gasteiger partial charge in [0.2, 0.25) is 5.89 Å². The minimum absolute atomic E-state index is 0.0495. The zero-order chi connectivity index (χ0) is 18.4. The molecule has 7 nitrogen and oxygen atoms in total. The molecule has 0 aliphatic carbocycles. The zero-order valence-corrected chi connectivity index (χ0v) is 16.1. The summed E-state index contributed by atoms with van der Waals surface area (Å²) in [7, 11) is 0.